The van der Waals surface area contributed by atoms with Gasteiger partial charge in [0.1, 0.15) is 0 Å². The summed E-state index contributed by atoms with van der Waals surface area (Å²) in [7, 11) is -8.10. The van der Waals surface area contributed by atoms with Crippen LogP contribution in [0.25, 0.3) is 0 Å². The summed E-state index contributed by atoms with van der Waals surface area (Å²) in [5.74, 6) is 0. The van der Waals surface area contributed by atoms with Gasteiger partial charge in [-0.15, -0.1) is 0 Å². The van der Waals surface area contributed by atoms with E-state index in [0.717, 1.165) is 0 Å². The molecule has 2 aliphatic rings. The van der Waals surface area contributed by atoms with E-state index in [-0.39, 0.29) is 0 Å². The summed E-state index contributed by atoms with van der Waals surface area (Å²) in [5, 5.41) is 0. The molecule has 0 aromatic rings. The molecule has 0 radical (unpaired) electrons. The third-order valence-corrected chi connectivity index (χ3v) is 7.18. The summed E-state index contributed by atoms with van der Waals surface area (Å²) < 4.78 is 44.9. The van der Waals surface area contributed by atoms with Crippen molar-refractivity contribution in [2.24, 2.45) is 0 Å². The van der Waals surface area contributed by atoms with E-state index in [2.05, 4.69) is 0 Å². The molecule has 0 aliphatic carbocycles. The molecule has 5 atom stereocenters. The minimum atomic E-state index is -4.48. The quantitative estimate of drug-likeness (QED) is 0.777. The first-order valence-corrected chi connectivity index (χ1v) is 10.6. The predicted molar refractivity (Wildman–Crippen MR) is 74.4 cm³/mol. The van der Waals surface area contributed by atoms with Crippen LogP contribution in [0.5, 0.6) is 0 Å². The zero-order valence-electron chi connectivity index (χ0n) is 11.8. The van der Waals surface area contributed by atoms with E-state index in [1.165, 1.54) is 0 Å². The molecule has 0 amide bonds. The molecule has 10 heteroatoms. The molecular formula is C10H20ClFO6P2. The van der Waals surface area contributed by atoms with Crippen molar-refractivity contribution in [3.05, 3.63) is 0 Å². The second kappa shape index (κ2) is 5.10. The van der Waals surface area contributed by atoms with Crippen LogP contribution in [0, 0.1) is 0 Å². The van der Waals surface area contributed by atoms with E-state index in [9.17, 15) is 13.7 Å². The summed E-state index contributed by atoms with van der Waals surface area (Å²) in [4.78, 5) is 9.69. The molecule has 0 bridgehead atoms. The molecule has 2 aliphatic heterocycles. The molecule has 120 valence electrons. The van der Waals surface area contributed by atoms with Crippen molar-refractivity contribution in [2.45, 2.75) is 63.9 Å². The number of halogens is 2. The average Bonchev–Trinajstić information content (AvgIpc) is 2.56. The molecule has 0 spiro atoms. The predicted octanol–water partition coefficient (Wildman–Crippen LogP) is 3.87. The summed E-state index contributed by atoms with van der Waals surface area (Å²) in [6, 6.07) is 0. The fraction of sp³-hybridized carbons (Fsp3) is 1.00. The van der Waals surface area contributed by atoms with Crippen LogP contribution in [-0.2, 0) is 22.7 Å². The first-order chi connectivity index (χ1) is 8.88. The fourth-order valence-corrected chi connectivity index (χ4v) is 6.27. The van der Waals surface area contributed by atoms with Gasteiger partial charge in [-0.2, -0.15) is 0 Å². The Bertz CT molecular complexity index is 451. The Morgan fingerprint density at radius 1 is 1.30 bits per heavy atom. The van der Waals surface area contributed by atoms with Crippen LogP contribution in [0.3, 0.4) is 0 Å². The fourth-order valence-electron chi connectivity index (χ4n) is 2.38. The normalized spacial score (nSPS) is 53.1. The second-order valence-electron chi connectivity index (χ2n) is 5.76. The van der Waals surface area contributed by atoms with Crippen LogP contribution in [0.1, 0.15) is 40.5 Å². The Hall–Kier alpha value is 0.680. The summed E-state index contributed by atoms with van der Waals surface area (Å²) in [6.45, 7) is 6.73. The van der Waals surface area contributed by atoms with Crippen molar-refractivity contribution in [1.29, 1.82) is 0 Å². The molecule has 2 heterocycles. The van der Waals surface area contributed by atoms with Gasteiger partial charge in [0.15, 0.2) is 0 Å². The topological polar surface area (TPSA) is 74.2 Å². The van der Waals surface area contributed by atoms with Gasteiger partial charge in [-0.1, -0.05) is 0 Å². The van der Waals surface area contributed by atoms with E-state index in [0.29, 0.717) is 12.8 Å². The van der Waals surface area contributed by atoms with E-state index in [1.54, 1.807) is 27.7 Å². The Labute approximate surface area is 122 Å². The zero-order chi connectivity index (χ0) is 15.4. The van der Waals surface area contributed by atoms with E-state index in [1.807, 2.05) is 0 Å². The van der Waals surface area contributed by atoms with Crippen molar-refractivity contribution in [3.63, 3.8) is 0 Å². The van der Waals surface area contributed by atoms with Crippen molar-refractivity contribution in [2.75, 3.05) is 0 Å². The molecule has 2 rings (SSSR count). The molecule has 2 fully saturated rings. The minimum absolute atomic E-state index is 0.327. The van der Waals surface area contributed by atoms with Gasteiger partial charge in [-0.25, -0.2) is 0 Å². The molecule has 5 unspecified atom stereocenters. The second-order valence-corrected chi connectivity index (χ2v) is 9.90. The van der Waals surface area contributed by atoms with Gasteiger partial charge >= 0.3 is 122 Å². The van der Waals surface area contributed by atoms with Crippen LogP contribution < -0.4 is 0 Å². The standard InChI is InChI=1S/C10H20ClFO6P2/c1-7-9(3,17-19(11,13)15-7)5-6-10(4)8(2)16-20(12,14)18-10/h7-8,13,19H,5-6H2,1-4H3. The van der Waals surface area contributed by atoms with E-state index >= 15 is 0 Å². The van der Waals surface area contributed by atoms with Gasteiger partial charge < -0.3 is 0 Å². The molecular weight excluding hydrogens is 333 g/mol. The number of hydrogen-bond donors (Lipinski definition) is 1. The average molecular weight is 353 g/mol. The van der Waals surface area contributed by atoms with E-state index < -0.39 is 38.6 Å². The molecule has 0 aromatic heterocycles. The van der Waals surface area contributed by atoms with Gasteiger partial charge in [0.2, 0.25) is 0 Å². The van der Waals surface area contributed by atoms with Crippen molar-refractivity contribution in [1.82, 2.24) is 0 Å². The summed E-state index contributed by atoms with van der Waals surface area (Å²) in [5.41, 5.74) is -1.83. The number of rotatable bonds is 3. The Balaban J connectivity index is 2.04. The van der Waals surface area contributed by atoms with Crippen molar-refractivity contribution >= 4 is 26.4 Å². The monoisotopic (exact) mass is 352 g/mol. The molecule has 1 N–H and O–H groups in total. The van der Waals surface area contributed by atoms with Crippen molar-refractivity contribution < 1.29 is 31.8 Å². The third kappa shape index (κ3) is 3.36. The maximum absolute atomic E-state index is 13.4. The number of hydrogen-bond acceptors (Lipinski definition) is 6. The molecule has 6 nitrogen and oxygen atoms in total. The van der Waals surface area contributed by atoms with Crippen LogP contribution in [0.4, 0.5) is 4.20 Å². The summed E-state index contributed by atoms with van der Waals surface area (Å²) in [6.07, 6.45) is -0.338. The van der Waals surface area contributed by atoms with Gasteiger partial charge in [-0.05, 0) is 0 Å². The molecule has 20 heavy (non-hydrogen) atoms. The van der Waals surface area contributed by atoms with Crippen molar-refractivity contribution in [3.8, 4) is 0 Å². The van der Waals surface area contributed by atoms with Crippen LogP contribution in [0.15, 0.2) is 0 Å². The van der Waals surface area contributed by atoms with Gasteiger partial charge in [0, 0.05) is 0 Å². The Kier molecular flexibility index (Phi) is 4.35. The van der Waals surface area contributed by atoms with Gasteiger partial charge in [-0.3, -0.25) is 0 Å². The van der Waals surface area contributed by atoms with Crippen LogP contribution in [-0.4, -0.2) is 28.3 Å². The van der Waals surface area contributed by atoms with Gasteiger partial charge in [0.25, 0.3) is 0 Å². The summed E-state index contributed by atoms with van der Waals surface area (Å²) >= 11 is 5.74. The first-order valence-electron chi connectivity index (χ1n) is 6.36. The van der Waals surface area contributed by atoms with E-state index in [4.69, 9.17) is 29.3 Å². The van der Waals surface area contributed by atoms with Gasteiger partial charge in [0.05, 0.1) is 0 Å². The molecule has 0 saturated carbocycles. The SMILES string of the molecule is CC1OP(=O)(F)OC1(C)CCC1(C)O[PH](O)(Cl)OC1C. The zero-order valence-corrected chi connectivity index (χ0v) is 14.4. The molecule has 2 saturated heterocycles. The van der Waals surface area contributed by atoms with Crippen LogP contribution in [0.2, 0.25) is 0 Å². The third-order valence-electron chi connectivity index (χ3n) is 4.12. The Morgan fingerprint density at radius 3 is 2.25 bits per heavy atom. The Morgan fingerprint density at radius 2 is 1.85 bits per heavy atom. The first kappa shape index (κ1) is 17.0. The molecule has 0 aromatic carbocycles. The maximum atomic E-state index is 13.4. The van der Waals surface area contributed by atoms with Crippen LogP contribution >= 0.6 is 26.4 Å².